The second-order valence-electron chi connectivity index (χ2n) is 21.6. The number of aliphatic hydroxyl groups excluding tert-OH is 2. The molecule has 0 spiro atoms. The molecule has 3 atom stereocenters. The largest absolute Gasteiger partial charge is 0.394 e. The van der Waals surface area contributed by atoms with Crippen molar-refractivity contribution < 1.29 is 19.7 Å². The van der Waals surface area contributed by atoms with E-state index in [1.807, 2.05) is 67.7 Å². The molecule has 4 aliphatic carbocycles. The normalized spacial score (nSPS) is 19.5. The molecule has 3 unspecified atom stereocenters. The standard InChI is InChI=1S/C24H26N4O.C19H24N4O2.C18H21N5O/c29-17-24(16-18-8-2-1-3-9-18)13-7-15-28(24)23-19-10-6-12-20(19)26-22(27-23)21-11-4-5-14-25-21;24-14(12-25-11-13-7-8-13)10-21-18-15-4-3-6-16(15)22-19(23-18)17-5-1-2-9-20-17;1-23-11-12(8-9-16(23)24)20-17-13-5-4-7-14(13)21-18(22-17)15-6-2-3-10-19-15/h1-5,8-9,11,14,29H,6-7,10,12-13,15-17H2;1-2,5,9,13-14,24H,3-4,6-8,10-12H2,(H,21,22,23);2-3,6,10,12H,4-5,7-9,11H2,1H3,(H,20,21,22). The number of carbonyl (C=O) groups is 1. The molecule has 3 fully saturated rings. The van der Waals surface area contributed by atoms with Gasteiger partial charge in [0.1, 0.15) is 34.5 Å². The van der Waals surface area contributed by atoms with Crippen LogP contribution in [0.1, 0.15) is 97.1 Å². The number of carbonyl (C=O) groups excluding carboxylic acids is 1. The number of aromatic nitrogens is 9. The highest BCUT2D eigenvalue weighted by Gasteiger charge is 2.43. The molecule has 2 saturated heterocycles. The minimum absolute atomic E-state index is 0.125. The summed E-state index contributed by atoms with van der Waals surface area (Å²) in [4.78, 5) is 57.8. The average Bonchev–Trinajstić information content (AvgIpc) is 3.94. The molecule has 0 radical (unpaired) electrons. The van der Waals surface area contributed by atoms with E-state index in [0.29, 0.717) is 43.0 Å². The Morgan fingerprint density at radius 3 is 1.79 bits per heavy atom. The quantitative estimate of drug-likeness (QED) is 0.0724. The number of fused-ring (bicyclic) bond motifs is 3. The van der Waals surface area contributed by atoms with E-state index in [9.17, 15) is 15.0 Å². The molecule has 17 heteroatoms. The second kappa shape index (κ2) is 24.5. The lowest BCUT2D eigenvalue weighted by Gasteiger charge is -2.39. The van der Waals surface area contributed by atoms with E-state index in [4.69, 9.17) is 24.7 Å². The number of piperidine rings is 1. The Labute approximate surface area is 456 Å². The van der Waals surface area contributed by atoms with Crippen LogP contribution in [0.2, 0.25) is 0 Å². The fraction of sp³-hybridized carbons (Fsp3) is 0.443. The van der Waals surface area contributed by atoms with Gasteiger partial charge in [0.05, 0.1) is 24.9 Å². The van der Waals surface area contributed by atoms with Crippen LogP contribution in [-0.2, 0) is 54.5 Å². The van der Waals surface area contributed by atoms with E-state index in [2.05, 4.69) is 64.7 Å². The predicted molar refractivity (Wildman–Crippen MR) is 301 cm³/mol. The number of nitrogens with zero attached hydrogens (tertiary/aromatic N) is 11. The smallest absolute Gasteiger partial charge is 0.222 e. The maximum atomic E-state index is 11.7. The predicted octanol–water partition coefficient (Wildman–Crippen LogP) is 7.89. The molecular formula is C61H71N13O4. The Hall–Kier alpha value is -7.34. The molecule has 404 valence electrons. The summed E-state index contributed by atoms with van der Waals surface area (Å²) < 4.78 is 5.56. The maximum absolute atomic E-state index is 11.7. The van der Waals surface area contributed by atoms with E-state index < -0.39 is 6.10 Å². The van der Waals surface area contributed by atoms with Gasteiger partial charge in [0.2, 0.25) is 5.91 Å². The Bertz CT molecular complexity index is 3140. The number of aliphatic hydroxyl groups is 2. The van der Waals surface area contributed by atoms with Gasteiger partial charge in [0.25, 0.3) is 0 Å². The molecule has 13 rings (SSSR count). The molecule has 1 saturated carbocycles. The number of likely N-dealkylation sites (tertiary alicyclic amines) is 1. The highest BCUT2D eigenvalue weighted by molar-refractivity contribution is 5.77. The first kappa shape index (κ1) is 52.7. The van der Waals surface area contributed by atoms with Crippen molar-refractivity contribution in [3.63, 3.8) is 0 Å². The Kier molecular flexibility index (Phi) is 16.6. The lowest BCUT2D eigenvalue weighted by atomic mass is 9.88. The summed E-state index contributed by atoms with van der Waals surface area (Å²) in [5.41, 5.74) is 10.4. The van der Waals surface area contributed by atoms with Crippen molar-refractivity contribution in [3.05, 3.63) is 143 Å². The third-order valence-electron chi connectivity index (χ3n) is 15.8. The number of anilines is 3. The molecule has 78 heavy (non-hydrogen) atoms. The van der Waals surface area contributed by atoms with Gasteiger partial charge in [-0.05, 0) is 144 Å². The number of likely N-dealkylation sites (N-methyl/N-ethyl adjacent to an activating group) is 1. The van der Waals surface area contributed by atoms with Gasteiger partial charge in [-0.25, -0.2) is 29.9 Å². The van der Waals surface area contributed by atoms with Crippen LogP contribution in [0.4, 0.5) is 17.5 Å². The third-order valence-corrected chi connectivity index (χ3v) is 15.8. The van der Waals surface area contributed by atoms with Crippen LogP contribution in [0.25, 0.3) is 34.6 Å². The van der Waals surface area contributed by atoms with Gasteiger partial charge in [0.15, 0.2) is 17.5 Å². The Morgan fingerprint density at radius 2 is 1.22 bits per heavy atom. The molecule has 17 nitrogen and oxygen atoms in total. The molecule has 8 heterocycles. The summed E-state index contributed by atoms with van der Waals surface area (Å²) in [6.07, 6.45) is 20.9. The van der Waals surface area contributed by atoms with Gasteiger partial charge in [0, 0.05) is 98.1 Å². The van der Waals surface area contributed by atoms with Crippen LogP contribution in [0.3, 0.4) is 0 Å². The van der Waals surface area contributed by atoms with Crippen LogP contribution in [-0.4, -0.2) is 130 Å². The number of hydrogen-bond donors (Lipinski definition) is 4. The van der Waals surface area contributed by atoms with Crippen molar-refractivity contribution in [2.24, 2.45) is 5.92 Å². The van der Waals surface area contributed by atoms with Gasteiger partial charge in [-0.1, -0.05) is 48.5 Å². The van der Waals surface area contributed by atoms with Gasteiger partial charge in [-0.15, -0.1) is 0 Å². The van der Waals surface area contributed by atoms with E-state index in [1.54, 1.807) is 23.5 Å². The highest BCUT2D eigenvalue weighted by atomic mass is 16.5. The number of ether oxygens (including phenoxy) is 1. The molecule has 4 N–H and O–H groups in total. The van der Waals surface area contributed by atoms with Gasteiger partial charge in [-0.2, -0.15) is 0 Å². The highest BCUT2D eigenvalue weighted by Crippen LogP contribution is 2.41. The monoisotopic (exact) mass is 1050 g/mol. The van der Waals surface area contributed by atoms with Gasteiger partial charge >= 0.3 is 0 Å². The zero-order valence-electron chi connectivity index (χ0n) is 44.7. The lowest BCUT2D eigenvalue weighted by molar-refractivity contribution is -0.132. The topological polar surface area (TPSA) is 213 Å². The average molecular weight is 1050 g/mol. The molecule has 0 bridgehead atoms. The first-order valence-corrected chi connectivity index (χ1v) is 28.2. The number of hydrogen-bond acceptors (Lipinski definition) is 16. The van der Waals surface area contributed by atoms with Gasteiger partial charge in [-0.3, -0.25) is 19.7 Å². The van der Waals surface area contributed by atoms with E-state index in [1.165, 1.54) is 35.1 Å². The molecule has 7 aromatic rings. The van der Waals surface area contributed by atoms with E-state index in [-0.39, 0.29) is 24.1 Å². The van der Waals surface area contributed by atoms with Crippen LogP contribution < -0.4 is 15.5 Å². The molecular weight excluding hydrogens is 979 g/mol. The minimum atomic E-state index is -0.538. The van der Waals surface area contributed by atoms with Crippen LogP contribution in [0.5, 0.6) is 0 Å². The zero-order valence-corrected chi connectivity index (χ0v) is 44.7. The Balaban J connectivity index is 0.000000125. The summed E-state index contributed by atoms with van der Waals surface area (Å²) in [5.74, 6) is 5.70. The molecule has 1 amide bonds. The maximum Gasteiger partial charge on any atom is 0.222 e. The number of rotatable bonds is 16. The molecule has 2 aliphatic heterocycles. The van der Waals surface area contributed by atoms with Gasteiger partial charge < -0.3 is 35.4 Å². The first-order chi connectivity index (χ1) is 38.3. The molecule has 1 aromatic carbocycles. The van der Waals surface area contributed by atoms with Crippen LogP contribution in [0.15, 0.2) is 104 Å². The third kappa shape index (κ3) is 12.5. The van der Waals surface area contributed by atoms with Crippen molar-refractivity contribution >= 4 is 23.4 Å². The van der Waals surface area contributed by atoms with Crippen molar-refractivity contribution in [1.82, 2.24) is 49.8 Å². The van der Waals surface area contributed by atoms with Crippen molar-refractivity contribution in [2.75, 3.05) is 62.0 Å². The van der Waals surface area contributed by atoms with Crippen molar-refractivity contribution in [3.8, 4) is 34.6 Å². The fourth-order valence-electron chi connectivity index (χ4n) is 11.5. The van der Waals surface area contributed by atoms with E-state index in [0.717, 1.165) is 155 Å². The number of pyridine rings is 3. The first-order valence-electron chi connectivity index (χ1n) is 28.2. The summed E-state index contributed by atoms with van der Waals surface area (Å²) >= 11 is 0. The summed E-state index contributed by atoms with van der Waals surface area (Å²) in [6, 6.07) is 28.1. The van der Waals surface area contributed by atoms with Crippen molar-refractivity contribution in [2.45, 2.75) is 120 Å². The summed E-state index contributed by atoms with van der Waals surface area (Å²) in [6.45, 7) is 3.32. The van der Waals surface area contributed by atoms with Crippen molar-refractivity contribution in [1.29, 1.82) is 0 Å². The number of amides is 1. The molecule has 6 aromatic heterocycles. The summed E-state index contributed by atoms with van der Waals surface area (Å²) in [7, 11) is 1.86. The zero-order chi connectivity index (χ0) is 53.3. The Morgan fingerprint density at radius 1 is 0.654 bits per heavy atom. The fourth-order valence-corrected chi connectivity index (χ4v) is 11.5. The van der Waals surface area contributed by atoms with E-state index >= 15 is 0 Å². The summed E-state index contributed by atoms with van der Waals surface area (Å²) in [5, 5.41) is 27.6. The molecule has 6 aliphatic rings. The minimum Gasteiger partial charge on any atom is -0.394 e. The SMILES string of the molecule is CN1CC(Nc2nc(-c3ccccn3)nc3c2CCC3)CCC1=O.OC(CNc1nc(-c2ccccn2)nc2c1CCC2)COCC1CC1.OCC1(Cc2ccccc2)CCCN1c1nc(-c2ccccn2)nc2c1CCC2. The van der Waals surface area contributed by atoms with Crippen LogP contribution in [0, 0.1) is 5.92 Å². The van der Waals surface area contributed by atoms with Crippen LogP contribution >= 0.6 is 0 Å². The number of nitrogens with one attached hydrogen (secondary N) is 2. The number of benzene rings is 1. The number of aryl methyl sites for hydroxylation is 3. The second-order valence-corrected chi connectivity index (χ2v) is 21.6. The lowest BCUT2D eigenvalue weighted by Crippen LogP contribution is -2.50.